The second-order valence-electron chi connectivity index (χ2n) is 3.80. The molecule has 0 aromatic heterocycles. The highest BCUT2D eigenvalue weighted by atomic mass is 16.5. The van der Waals surface area contributed by atoms with Gasteiger partial charge in [-0.2, -0.15) is 0 Å². The van der Waals surface area contributed by atoms with Crippen molar-refractivity contribution in [3.8, 4) is 5.75 Å². The maximum atomic E-state index is 11.0. The standard InChI is InChI=1S/C12H14O3/c1-15-11-9-5-3-2-4-8(9)6-7-10(11)12(13)14/h6-7H,2-5H2,1H3,(H,13,14). The summed E-state index contributed by atoms with van der Waals surface area (Å²) in [5.41, 5.74) is 2.60. The molecule has 2 rings (SSSR count). The van der Waals surface area contributed by atoms with Crippen LogP contribution in [0.25, 0.3) is 0 Å². The van der Waals surface area contributed by atoms with Gasteiger partial charge in [0.1, 0.15) is 11.3 Å². The molecule has 1 aromatic rings. The number of methoxy groups -OCH3 is 1. The van der Waals surface area contributed by atoms with Crippen molar-refractivity contribution >= 4 is 5.97 Å². The van der Waals surface area contributed by atoms with Crippen molar-refractivity contribution in [2.24, 2.45) is 0 Å². The van der Waals surface area contributed by atoms with Gasteiger partial charge in [-0.05, 0) is 42.9 Å². The fourth-order valence-electron chi connectivity index (χ4n) is 2.20. The molecule has 0 amide bonds. The number of aromatic carboxylic acids is 1. The van der Waals surface area contributed by atoms with Crippen LogP contribution in [0.2, 0.25) is 0 Å². The minimum atomic E-state index is -0.916. The lowest BCUT2D eigenvalue weighted by atomic mass is 9.89. The van der Waals surface area contributed by atoms with Crippen LogP contribution < -0.4 is 4.74 Å². The highest BCUT2D eigenvalue weighted by molar-refractivity contribution is 5.91. The van der Waals surface area contributed by atoms with Gasteiger partial charge < -0.3 is 9.84 Å². The predicted octanol–water partition coefficient (Wildman–Crippen LogP) is 2.27. The first kappa shape index (κ1) is 10.0. The predicted molar refractivity (Wildman–Crippen MR) is 56.6 cm³/mol. The average Bonchev–Trinajstić information content (AvgIpc) is 2.27. The Morgan fingerprint density at radius 1 is 1.33 bits per heavy atom. The normalized spacial score (nSPS) is 14.5. The lowest BCUT2D eigenvalue weighted by molar-refractivity contribution is 0.0693. The maximum absolute atomic E-state index is 11.0. The van der Waals surface area contributed by atoms with Gasteiger partial charge >= 0.3 is 5.97 Å². The van der Waals surface area contributed by atoms with Crippen LogP contribution in [0.15, 0.2) is 12.1 Å². The first-order valence-corrected chi connectivity index (χ1v) is 5.16. The van der Waals surface area contributed by atoms with Gasteiger partial charge in [0.2, 0.25) is 0 Å². The molecule has 3 nitrogen and oxygen atoms in total. The number of benzene rings is 1. The van der Waals surface area contributed by atoms with Crippen molar-refractivity contribution < 1.29 is 14.6 Å². The first-order valence-electron chi connectivity index (χ1n) is 5.16. The molecule has 15 heavy (non-hydrogen) atoms. The molecule has 0 saturated carbocycles. The highest BCUT2D eigenvalue weighted by Gasteiger charge is 2.20. The number of hydrogen-bond acceptors (Lipinski definition) is 2. The van der Waals surface area contributed by atoms with E-state index in [0.717, 1.165) is 24.8 Å². The molecule has 0 unspecified atom stereocenters. The zero-order valence-electron chi connectivity index (χ0n) is 8.75. The summed E-state index contributed by atoms with van der Waals surface area (Å²) < 4.78 is 5.22. The summed E-state index contributed by atoms with van der Waals surface area (Å²) in [5.74, 6) is -0.361. The molecule has 0 atom stereocenters. The van der Waals surface area contributed by atoms with E-state index in [2.05, 4.69) is 0 Å². The van der Waals surface area contributed by atoms with Crippen LogP contribution in [-0.4, -0.2) is 18.2 Å². The van der Waals surface area contributed by atoms with E-state index in [1.54, 1.807) is 6.07 Å². The quantitative estimate of drug-likeness (QED) is 0.807. The number of fused-ring (bicyclic) bond motifs is 1. The van der Waals surface area contributed by atoms with Crippen molar-refractivity contribution in [3.63, 3.8) is 0 Å². The summed E-state index contributed by atoms with van der Waals surface area (Å²) in [6.45, 7) is 0. The van der Waals surface area contributed by atoms with E-state index in [0.29, 0.717) is 5.75 Å². The van der Waals surface area contributed by atoms with Crippen LogP contribution in [0.3, 0.4) is 0 Å². The number of hydrogen-bond donors (Lipinski definition) is 1. The van der Waals surface area contributed by atoms with Crippen molar-refractivity contribution in [1.29, 1.82) is 0 Å². The summed E-state index contributed by atoms with van der Waals surface area (Å²) in [6.07, 6.45) is 4.26. The number of carbonyl (C=O) groups is 1. The second-order valence-corrected chi connectivity index (χ2v) is 3.80. The Balaban J connectivity index is 2.56. The zero-order valence-corrected chi connectivity index (χ0v) is 8.75. The highest BCUT2D eigenvalue weighted by Crippen LogP contribution is 2.32. The van der Waals surface area contributed by atoms with E-state index in [1.165, 1.54) is 19.1 Å². The molecule has 80 valence electrons. The van der Waals surface area contributed by atoms with Gasteiger partial charge in [-0.3, -0.25) is 0 Å². The van der Waals surface area contributed by atoms with Crippen LogP contribution >= 0.6 is 0 Å². The van der Waals surface area contributed by atoms with Crippen molar-refractivity contribution in [2.45, 2.75) is 25.7 Å². The molecule has 0 radical (unpaired) electrons. The Labute approximate surface area is 88.7 Å². The summed E-state index contributed by atoms with van der Waals surface area (Å²) >= 11 is 0. The topological polar surface area (TPSA) is 46.5 Å². The van der Waals surface area contributed by atoms with E-state index < -0.39 is 5.97 Å². The van der Waals surface area contributed by atoms with Crippen LogP contribution in [0.1, 0.15) is 34.3 Å². The van der Waals surface area contributed by atoms with Gasteiger partial charge in [-0.25, -0.2) is 4.79 Å². The van der Waals surface area contributed by atoms with E-state index in [1.807, 2.05) is 6.07 Å². The molecule has 1 aliphatic rings. The summed E-state index contributed by atoms with van der Waals surface area (Å²) in [6, 6.07) is 3.56. The lowest BCUT2D eigenvalue weighted by Crippen LogP contribution is -2.09. The molecule has 1 N–H and O–H groups in total. The Hall–Kier alpha value is -1.51. The summed E-state index contributed by atoms with van der Waals surface area (Å²) in [4.78, 5) is 11.0. The molecule has 1 aromatic carbocycles. The van der Waals surface area contributed by atoms with Gasteiger partial charge in [0.15, 0.2) is 0 Å². The third-order valence-electron chi connectivity index (χ3n) is 2.91. The van der Waals surface area contributed by atoms with Crippen molar-refractivity contribution in [3.05, 3.63) is 28.8 Å². The number of ether oxygens (including phenoxy) is 1. The average molecular weight is 206 g/mol. The number of aryl methyl sites for hydroxylation is 1. The fourth-order valence-corrected chi connectivity index (χ4v) is 2.20. The fraction of sp³-hybridized carbons (Fsp3) is 0.417. The lowest BCUT2D eigenvalue weighted by Gasteiger charge is -2.19. The molecule has 0 bridgehead atoms. The Bertz CT molecular complexity index is 396. The monoisotopic (exact) mass is 206 g/mol. The second kappa shape index (κ2) is 3.93. The minimum Gasteiger partial charge on any atom is -0.496 e. The first-order chi connectivity index (χ1) is 7.24. The molecule has 0 aliphatic heterocycles. The van der Waals surface area contributed by atoms with Crippen LogP contribution in [0, 0.1) is 0 Å². The largest absolute Gasteiger partial charge is 0.496 e. The van der Waals surface area contributed by atoms with Crippen molar-refractivity contribution in [1.82, 2.24) is 0 Å². The van der Waals surface area contributed by atoms with E-state index in [-0.39, 0.29) is 5.56 Å². The Morgan fingerprint density at radius 3 is 2.73 bits per heavy atom. The molecule has 3 heteroatoms. The van der Waals surface area contributed by atoms with Crippen LogP contribution in [0.4, 0.5) is 0 Å². The Morgan fingerprint density at radius 2 is 2.07 bits per heavy atom. The van der Waals surface area contributed by atoms with E-state index in [4.69, 9.17) is 9.84 Å². The van der Waals surface area contributed by atoms with Gasteiger partial charge in [-0.15, -0.1) is 0 Å². The van der Waals surface area contributed by atoms with Gasteiger partial charge in [0, 0.05) is 0 Å². The zero-order chi connectivity index (χ0) is 10.8. The molecule has 0 saturated heterocycles. The SMILES string of the molecule is COc1c(C(=O)O)ccc2c1CCCC2. The van der Waals surface area contributed by atoms with Crippen LogP contribution in [0.5, 0.6) is 5.75 Å². The maximum Gasteiger partial charge on any atom is 0.339 e. The number of carboxylic acid groups (broad SMARTS) is 1. The molecule has 0 heterocycles. The van der Waals surface area contributed by atoms with Gasteiger partial charge in [0.25, 0.3) is 0 Å². The Kier molecular flexibility index (Phi) is 2.62. The molecule has 0 fully saturated rings. The van der Waals surface area contributed by atoms with Crippen molar-refractivity contribution in [2.75, 3.05) is 7.11 Å². The number of carboxylic acids is 1. The smallest absolute Gasteiger partial charge is 0.339 e. The van der Waals surface area contributed by atoms with E-state index in [9.17, 15) is 4.79 Å². The molecule has 0 spiro atoms. The van der Waals surface area contributed by atoms with Gasteiger partial charge in [0.05, 0.1) is 7.11 Å². The third kappa shape index (κ3) is 1.69. The molecular weight excluding hydrogens is 192 g/mol. The third-order valence-corrected chi connectivity index (χ3v) is 2.91. The molecule has 1 aliphatic carbocycles. The number of rotatable bonds is 2. The summed E-state index contributed by atoms with van der Waals surface area (Å²) in [7, 11) is 1.54. The van der Waals surface area contributed by atoms with E-state index >= 15 is 0 Å². The molecular formula is C12H14O3. The van der Waals surface area contributed by atoms with Gasteiger partial charge in [-0.1, -0.05) is 6.07 Å². The minimum absolute atomic E-state index is 0.276. The van der Waals surface area contributed by atoms with Crippen LogP contribution in [-0.2, 0) is 12.8 Å². The summed E-state index contributed by atoms with van der Waals surface area (Å²) in [5, 5.41) is 9.02.